The number of nitrogens with one attached hydrogen (secondary N) is 1. The Morgan fingerprint density at radius 3 is 2.19 bits per heavy atom. The van der Waals surface area contributed by atoms with Crippen LogP contribution in [0.4, 0.5) is 5.69 Å². The molecule has 0 atom stereocenters. The van der Waals surface area contributed by atoms with Crippen molar-refractivity contribution in [2.45, 2.75) is 24.7 Å². The first-order valence-corrected chi connectivity index (χ1v) is 10.4. The highest BCUT2D eigenvalue weighted by Crippen LogP contribution is 2.26. The molecule has 0 radical (unpaired) electrons. The molecule has 27 heavy (non-hydrogen) atoms. The van der Waals surface area contributed by atoms with E-state index < -0.39 is 10.0 Å². The molecule has 1 aliphatic rings. The van der Waals surface area contributed by atoms with Crippen LogP contribution in [-0.2, 0) is 14.8 Å². The zero-order valence-electron chi connectivity index (χ0n) is 15.5. The van der Waals surface area contributed by atoms with Gasteiger partial charge >= 0.3 is 0 Å². The highest BCUT2D eigenvalue weighted by molar-refractivity contribution is 7.89. The number of carbonyl (C=O) groups is 1. The van der Waals surface area contributed by atoms with E-state index in [0.29, 0.717) is 31.7 Å². The third kappa shape index (κ3) is 4.48. The second kappa shape index (κ2) is 8.10. The minimum atomic E-state index is -3.55. The van der Waals surface area contributed by atoms with Crippen LogP contribution in [0.2, 0.25) is 0 Å². The van der Waals surface area contributed by atoms with E-state index in [0.717, 1.165) is 11.3 Å². The molecular formula is C20H24N2O4S. The van der Waals surface area contributed by atoms with Gasteiger partial charge in [0.15, 0.2) is 0 Å². The fraction of sp³-hybridized carbons (Fsp3) is 0.350. The molecule has 0 spiro atoms. The molecule has 2 aromatic rings. The normalized spacial score (nSPS) is 16.1. The standard InChI is InChI=1S/C20H24N2O4S/c1-15-3-5-17(6-4-15)21-20(23)16-11-13-22(14-12-16)27(24,25)19-9-7-18(26-2)8-10-19/h3-10,16H,11-14H2,1-2H3,(H,21,23). The van der Waals surface area contributed by atoms with Crippen LogP contribution in [0.15, 0.2) is 53.4 Å². The summed E-state index contributed by atoms with van der Waals surface area (Å²) < 4.78 is 32.1. The van der Waals surface area contributed by atoms with Crippen LogP contribution in [0.25, 0.3) is 0 Å². The summed E-state index contributed by atoms with van der Waals surface area (Å²) in [4.78, 5) is 12.7. The number of sulfonamides is 1. The molecule has 0 saturated carbocycles. The van der Waals surface area contributed by atoms with E-state index in [-0.39, 0.29) is 16.7 Å². The summed E-state index contributed by atoms with van der Waals surface area (Å²) in [6, 6.07) is 14.0. The van der Waals surface area contributed by atoms with E-state index in [4.69, 9.17) is 4.74 Å². The van der Waals surface area contributed by atoms with Crippen LogP contribution in [-0.4, -0.2) is 38.8 Å². The Hall–Kier alpha value is -2.38. The number of ether oxygens (including phenoxy) is 1. The third-order valence-electron chi connectivity index (χ3n) is 4.84. The largest absolute Gasteiger partial charge is 0.497 e. The highest BCUT2D eigenvalue weighted by Gasteiger charge is 2.32. The van der Waals surface area contributed by atoms with E-state index in [2.05, 4.69) is 5.32 Å². The Bertz CT molecular complexity index is 885. The van der Waals surface area contributed by atoms with Crippen molar-refractivity contribution in [2.24, 2.45) is 5.92 Å². The number of hydrogen-bond acceptors (Lipinski definition) is 4. The molecule has 1 amide bonds. The van der Waals surface area contributed by atoms with E-state index in [9.17, 15) is 13.2 Å². The number of hydrogen-bond donors (Lipinski definition) is 1. The lowest BCUT2D eigenvalue weighted by Crippen LogP contribution is -2.41. The summed E-state index contributed by atoms with van der Waals surface area (Å²) in [6.07, 6.45) is 1.01. The Labute approximate surface area is 160 Å². The first-order valence-electron chi connectivity index (χ1n) is 8.92. The third-order valence-corrected chi connectivity index (χ3v) is 6.75. The Kier molecular flexibility index (Phi) is 5.82. The summed E-state index contributed by atoms with van der Waals surface area (Å²) in [5.74, 6) is 0.370. The number of rotatable bonds is 5. The Morgan fingerprint density at radius 1 is 1.04 bits per heavy atom. The molecule has 0 unspecified atom stereocenters. The number of piperidine rings is 1. The van der Waals surface area contributed by atoms with Crippen molar-refractivity contribution in [3.05, 3.63) is 54.1 Å². The first-order chi connectivity index (χ1) is 12.9. The maximum Gasteiger partial charge on any atom is 0.243 e. The van der Waals surface area contributed by atoms with E-state index in [1.54, 1.807) is 24.3 Å². The smallest absolute Gasteiger partial charge is 0.243 e. The van der Waals surface area contributed by atoms with Gasteiger partial charge in [-0.15, -0.1) is 0 Å². The molecule has 1 N–H and O–H groups in total. The summed E-state index contributed by atoms with van der Waals surface area (Å²) in [6.45, 7) is 2.66. The molecule has 7 heteroatoms. The predicted octanol–water partition coefficient (Wildman–Crippen LogP) is 3.04. The van der Waals surface area contributed by atoms with Crippen molar-refractivity contribution >= 4 is 21.6 Å². The van der Waals surface area contributed by atoms with Crippen LogP contribution < -0.4 is 10.1 Å². The van der Waals surface area contributed by atoms with E-state index in [1.165, 1.54) is 11.4 Å². The van der Waals surface area contributed by atoms with Gasteiger partial charge in [0.25, 0.3) is 0 Å². The molecule has 3 rings (SSSR count). The topological polar surface area (TPSA) is 75.7 Å². The lowest BCUT2D eigenvalue weighted by molar-refractivity contribution is -0.120. The number of carbonyl (C=O) groups excluding carboxylic acids is 1. The van der Waals surface area contributed by atoms with Gasteiger partial charge in [0, 0.05) is 24.7 Å². The van der Waals surface area contributed by atoms with Gasteiger partial charge in [-0.05, 0) is 56.2 Å². The van der Waals surface area contributed by atoms with Gasteiger partial charge in [-0.3, -0.25) is 4.79 Å². The molecule has 2 aromatic carbocycles. The minimum absolute atomic E-state index is 0.0552. The second-order valence-corrected chi connectivity index (χ2v) is 8.65. The van der Waals surface area contributed by atoms with Crippen molar-refractivity contribution in [2.75, 3.05) is 25.5 Å². The molecule has 1 aliphatic heterocycles. The fourth-order valence-electron chi connectivity index (χ4n) is 3.14. The fourth-order valence-corrected chi connectivity index (χ4v) is 4.61. The second-order valence-electron chi connectivity index (χ2n) is 6.71. The van der Waals surface area contributed by atoms with Crippen molar-refractivity contribution in [1.82, 2.24) is 4.31 Å². The molecule has 0 aliphatic carbocycles. The van der Waals surface area contributed by atoms with Crippen molar-refractivity contribution < 1.29 is 17.9 Å². The number of benzene rings is 2. The summed E-state index contributed by atoms with van der Waals surface area (Å²) >= 11 is 0. The van der Waals surface area contributed by atoms with Crippen LogP contribution in [0.5, 0.6) is 5.75 Å². The van der Waals surface area contributed by atoms with Gasteiger partial charge in [-0.2, -0.15) is 4.31 Å². The molecule has 0 bridgehead atoms. The quantitative estimate of drug-likeness (QED) is 0.854. The van der Waals surface area contributed by atoms with Gasteiger partial charge in [0.1, 0.15) is 5.75 Å². The summed E-state index contributed by atoms with van der Waals surface area (Å²) in [5, 5.41) is 2.92. The number of amides is 1. The lowest BCUT2D eigenvalue weighted by atomic mass is 9.97. The molecule has 1 fully saturated rings. The SMILES string of the molecule is COc1ccc(S(=O)(=O)N2CCC(C(=O)Nc3ccc(C)cc3)CC2)cc1. The van der Waals surface area contributed by atoms with Gasteiger partial charge in [-0.1, -0.05) is 17.7 Å². The highest BCUT2D eigenvalue weighted by atomic mass is 32.2. The average molecular weight is 388 g/mol. The van der Waals surface area contributed by atoms with Crippen molar-refractivity contribution in [3.63, 3.8) is 0 Å². The van der Waals surface area contributed by atoms with Crippen molar-refractivity contribution in [1.29, 1.82) is 0 Å². The maximum atomic E-state index is 12.8. The van der Waals surface area contributed by atoms with E-state index >= 15 is 0 Å². The molecule has 1 saturated heterocycles. The molecule has 1 heterocycles. The monoisotopic (exact) mass is 388 g/mol. The van der Waals surface area contributed by atoms with Gasteiger partial charge < -0.3 is 10.1 Å². The lowest BCUT2D eigenvalue weighted by Gasteiger charge is -2.30. The van der Waals surface area contributed by atoms with E-state index in [1.807, 2.05) is 31.2 Å². The zero-order chi connectivity index (χ0) is 19.4. The minimum Gasteiger partial charge on any atom is -0.497 e. The van der Waals surface area contributed by atoms with Crippen LogP contribution >= 0.6 is 0 Å². The predicted molar refractivity (Wildman–Crippen MR) is 104 cm³/mol. The zero-order valence-corrected chi connectivity index (χ0v) is 16.3. The number of anilines is 1. The van der Waals surface area contributed by atoms with Crippen molar-refractivity contribution in [3.8, 4) is 5.75 Å². The van der Waals surface area contributed by atoms with Gasteiger partial charge in [0.05, 0.1) is 12.0 Å². The number of aryl methyl sites for hydroxylation is 1. The van der Waals surface area contributed by atoms with Crippen LogP contribution in [0, 0.1) is 12.8 Å². The summed E-state index contributed by atoms with van der Waals surface area (Å²) in [7, 11) is -2.02. The van der Waals surface area contributed by atoms with Gasteiger partial charge in [0.2, 0.25) is 15.9 Å². The molecule has 6 nitrogen and oxygen atoms in total. The number of methoxy groups -OCH3 is 1. The Balaban J connectivity index is 1.60. The first kappa shape index (κ1) is 19.4. The average Bonchev–Trinajstić information content (AvgIpc) is 2.70. The Morgan fingerprint density at radius 2 is 1.63 bits per heavy atom. The summed E-state index contributed by atoms with van der Waals surface area (Å²) in [5.41, 5.74) is 1.89. The van der Waals surface area contributed by atoms with Crippen LogP contribution in [0.3, 0.4) is 0 Å². The molecule has 144 valence electrons. The van der Waals surface area contributed by atoms with Gasteiger partial charge in [-0.25, -0.2) is 8.42 Å². The molecular weight excluding hydrogens is 364 g/mol. The maximum absolute atomic E-state index is 12.8. The number of nitrogens with zero attached hydrogens (tertiary/aromatic N) is 1. The van der Waals surface area contributed by atoms with Crippen LogP contribution in [0.1, 0.15) is 18.4 Å². The molecule has 0 aromatic heterocycles.